The molecular weight excluding hydrogens is 440 g/mol. The quantitative estimate of drug-likeness (QED) is 0.597. The molecule has 2 unspecified atom stereocenters. The molecule has 0 saturated carbocycles. The van der Waals surface area contributed by atoms with Crippen LogP contribution >= 0.6 is 0 Å². The van der Waals surface area contributed by atoms with Gasteiger partial charge in [0, 0.05) is 49.1 Å². The van der Waals surface area contributed by atoms with Gasteiger partial charge in [0.1, 0.15) is 18.3 Å². The minimum absolute atomic E-state index is 0.0749. The Morgan fingerprint density at radius 3 is 2.34 bits per heavy atom. The molecule has 6 heteroatoms. The van der Waals surface area contributed by atoms with E-state index in [1.165, 1.54) is 0 Å². The van der Waals surface area contributed by atoms with Crippen LogP contribution in [0.25, 0.3) is 0 Å². The summed E-state index contributed by atoms with van der Waals surface area (Å²) in [4.78, 5) is 28.9. The van der Waals surface area contributed by atoms with Gasteiger partial charge < -0.3 is 19.7 Å². The average molecular weight is 475 g/mol. The van der Waals surface area contributed by atoms with Crippen molar-refractivity contribution in [1.29, 1.82) is 0 Å². The molecule has 1 aliphatic heterocycles. The topological polar surface area (TPSA) is 67.9 Å². The van der Waals surface area contributed by atoms with Gasteiger partial charge in [-0.2, -0.15) is 0 Å². The molecule has 1 heterocycles. The van der Waals surface area contributed by atoms with Gasteiger partial charge in [-0.3, -0.25) is 9.59 Å². The molecule has 0 saturated heterocycles. The van der Waals surface area contributed by atoms with Gasteiger partial charge in [0.05, 0.1) is 7.11 Å². The van der Waals surface area contributed by atoms with Gasteiger partial charge in [0.25, 0.3) is 0 Å². The Morgan fingerprint density at radius 2 is 1.74 bits per heavy atom. The van der Waals surface area contributed by atoms with Crippen molar-refractivity contribution < 1.29 is 19.1 Å². The average Bonchev–Trinajstić information content (AvgIpc) is 2.81. The number of ketones is 1. The lowest BCUT2D eigenvalue weighted by atomic mass is 9.66. The zero-order valence-electron chi connectivity index (χ0n) is 21.2. The maximum absolute atomic E-state index is 13.5. The zero-order valence-corrected chi connectivity index (χ0v) is 21.2. The summed E-state index contributed by atoms with van der Waals surface area (Å²) in [5.74, 6) is -0.733. The number of benzene rings is 2. The highest BCUT2D eigenvalue weighted by molar-refractivity contribution is 6.00. The fourth-order valence-electron chi connectivity index (χ4n) is 5.03. The van der Waals surface area contributed by atoms with Gasteiger partial charge in [-0.1, -0.05) is 44.7 Å². The highest BCUT2D eigenvalue weighted by Crippen LogP contribution is 2.48. The summed E-state index contributed by atoms with van der Waals surface area (Å²) in [7, 11) is 5.57. The van der Waals surface area contributed by atoms with E-state index in [0.29, 0.717) is 17.7 Å². The summed E-state index contributed by atoms with van der Waals surface area (Å²) >= 11 is 0. The van der Waals surface area contributed by atoms with Gasteiger partial charge in [0.2, 0.25) is 0 Å². The van der Waals surface area contributed by atoms with Crippen LogP contribution in [0.15, 0.2) is 72.1 Å². The number of carbonyl (C=O) groups is 2. The van der Waals surface area contributed by atoms with Crippen LogP contribution < -0.4 is 15.0 Å². The number of ether oxygens (including phenoxy) is 2. The number of allylic oxidation sites excluding steroid dienone is 2. The molecule has 2 atom stereocenters. The predicted octanol–water partition coefficient (Wildman–Crippen LogP) is 4.96. The van der Waals surface area contributed by atoms with Crippen molar-refractivity contribution in [1.82, 2.24) is 5.32 Å². The second kappa shape index (κ2) is 9.61. The van der Waals surface area contributed by atoms with Gasteiger partial charge in [-0.05, 0) is 47.2 Å². The standard InChI is InChI=1S/C29H34N2O4/c1-18-25(28(33)35-17-19-7-13-22(34-6)14-8-19)26(20-9-11-21(12-10-20)31(4)5)27-23(30-18)15-29(2,3)16-24(27)32/h7-14,25-26,30H,1,15-17H2,2-6H3. The number of methoxy groups -OCH3 is 1. The Balaban J connectivity index is 1.68. The van der Waals surface area contributed by atoms with Crippen molar-refractivity contribution in [2.45, 2.75) is 39.2 Å². The second-order valence-corrected chi connectivity index (χ2v) is 10.4. The van der Waals surface area contributed by atoms with Crippen LogP contribution in [0.5, 0.6) is 5.75 Å². The Labute approximate surface area is 207 Å². The smallest absolute Gasteiger partial charge is 0.316 e. The summed E-state index contributed by atoms with van der Waals surface area (Å²) < 4.78 is 11.0. The molecule has 0 aromatic heterocycles. The van der Waals surface area contributed by atoms with Gasteiger partial charge in [-0.25, -0.2) is 0 Å². The largest absolute Gasteiger partial charge is 0.497 e. The molecule has 6 nitrogen and oxygen atoms in total. The van der Waals surface area contributed by atoms with Crippen LogP contribution in [0, 0.1) is 11.3 Å². The van der Waals surface area contributed by atoms with E-state index in [4.69, 9.17) is 9.47 Å². The monoisotopic (exact) mass is 474 g/mol. The number of Topliss-reactive ketones (excluding diaryl/α,β-unsaturated/α-hetero) is 1. The van der Waals surface area contributed by atoms with E-state index in [0.717, 1.165) is 34.7 Å². The molecular formula is C29H34N2O4. The molecule has 2 aliphatic rings. The fourth-order valence-corrected chi connectivity index (χ4v) is 5.03. The third-order valence-electron chi connectivity index (χ3n) is 6.81. The van der Waals surface area contributed by atoms with E-state index >= 15 is 0 Å². The molecule has 1 N–H and O–H groups in total. The van der Waals surface area contributed by atoms with Crippen molar-refractivity contribution in [2.24, 2.45) is 11.3 Å². The molecule has 0 spiro atoms. The summed E-state index contributed by atoms with van der Waals surface area (Å²) in [5.41, 5.74) is 4.78. The van der Waals surface area contributed by atoms with Crippen molar-refractivity contribution in [3.8, 4) is 5.75 Å². The van der Waals surface area contributed by atoms with Gasteiger partial charge in [-0.15, -0.1) is 0 Å². The van der Waals surface area contributed by atoms with E-state index in [-0.39, 0.29) is 17.8 Å². The Morgan fingerprint density at radius 1 is 1.09 bits per heavy atom. The van der Waals surface area contributed by atoms with Crippen LogP contribution in [-0.4, -0.2) is 33.0 Å². The van der Waals surface area contributed by atoms with E-state index in [1.54, 1.807) is 7.11 Å². The van der Waals surface area contributed by atoms with Crippen LogP contribution in [0.4, 0.5) is 5.69 Å². The SMILES string of the molecule is C=C1NC2=C(C(=O)CC(C)(C)C2)C(c2ccc(N(C)C)cc2)C1C(=O)OCc1ccc(OC)cc1. The number of hydrogen-bond donors (Lipinski definition) is 1. The molecule has 2 aromatic rings. The number of nitrogens with zero attached hydrogens (tertiary/aromatic N) is 1. The first-order chi connectivity index (χ1) is 16.6. The van der Waals surface area contributed by atoms with E-state index in [2.05, 4.69) is 25.7 Å². The van der Waals surface area contributed by atoms with E-state index in [9.17, 15) is 9.59 Å². The highest BCUT2D eigenvalue weighted by atomic mass is 16.5. The lowest BCUT2D eigenvalue weighted by Gasteiger charge is -2.42. The number of esters is 1. The molecule has 0 fully saturated rings. The lowest BCUT2D eigenvalue weighted by Crippen LogP contribution is -2.43. The number of hydrogen-bond acceptors (Lipinski definition) is 6. The highest BCUT2D eigenvalue weighted by Gasteiger charge is 2.46. The first-order valence-corrected chi connectivity index (χ1v) is 11.9. The molecule has 2 aromatic carbocycles. The molecule has 4 rings (SSSR count). The van der Waals surface area contributed by atoms with E-state index in [1.807, 2.05) is 67.5 Å². The van der Waals surface area contributed by atoms with E-state index < -0.39 is 17.8 Å². The summed E-state index contributed by atoms with van der Waals surface area (Å²) in [6, 6.07) is 15.4. The van der Waals surface area contributed by atoms with Crippen LogP contribution in [0.3, 0.4) is 0 Å². The first kappa shape index (κ1) is 24.6. The Kier molecular flexibility index (Phi) is 6.75. The maximum atomic E-state index is 13.5. The molecule has 0 amide bonds. The molecule has 184 valence electrons. The minimum atomic E-state index is -0.706. The third kappa shape index (κ3) is 5.11. The third-order valence-corrected chi connectivity index (χ3v) is 6.81. The summed E-state index contributed by atoms with van der Waals surface area (Å²) in [6.07, 6.45) is 1.17. The molecule has 35 heavy (non-hydrogen) atoms. The zero-order chi connectivity index (χ0) is 25.3. The number of rotatable bonds is 6. The van der Waals surface area contributed by atoms with Crippen molar-refractivity contribution >= 4 is 17.4 Å². The summed E-state index contributed by atoms with van der Waals surface area (Å²) in [6.45, 7) is 8.51. The minimum Gasteiger partial charge on any atom is -0.497 e. The number of carbonyl (C=O) groups excluding carboxylic acids is 2. The lowest BCUT2D eigenvalue weighted by molar-refractivity contribution is -0.149. The first-order valence-electron chi connectivity index (χ1n) is 11.9. The van der Waals surface area contributed by atoms with Gasteiger partial charge >= 0.3 is 5.97 Å². The fraction of sp³-hybridized carbons (Fsp3) is 0.379. The van der Waals surface area contributed by atoms with Crippen LogP contribution in [0.1, 0.15) is 43.7 Å². The molecule has 1 aliphatic carbocycles. The summed E-state index contributed by atoms with van der Waals surface area (Å²) in [5, 5.41) is 3.32. The van der Waals surface area contributed by atoms with Crippen LogP contribution in [-0.2, 0) is 20.9 Å². The van der Waals surface area contributed by atoms with Crippen LogP contribution in [0.2, 0.25) is 0 Å². The van der Waals surface area contributed by atoms with Gasteiger partial charge in [0.15, 0.2) is 5.78 Å². The Hall–Kier alpha value is -3.54. The normalized spacial score (nSPS) is 21.2. The van der Waals surface area contributed by atoms with Crippen molar-refractivity contribution in [3.05, 3.63) is 83.2 Å². The maximum Gasteiger partial charge on any atom is 0.316 e. The second-order valence-electron chi connectivity index (χ2n) is 10.4. The number of nitrogens with one attached hydrogen (secondary N) is 1. The number of anilines is 1. The van der Waals surface area contributed by atoms with Crippen molar-refractivity contribution in [3.63, 3.8) is 0 Å². The predicted molar refractivity (Wildman–Crippen MR) is 137 cm³/mol. The molecule has 0 bridgehead atoms. The Bertz CT molecular complexity index is 1160. The molecule has 0 radical (unpaired) electrons. The van der Waals surface area contributed by atoms with Crippen molar-refractivity contribution in [2.75, 3.05) is 26.1 Å².